The van der Waals surface area contributed by atoms with Crippen molar-refractivity contribution in [2.45, 2.75) is 9.79 Å². The van der Waals surface area contributed by atoms with E-state index >= 15 is 0 Å². The largest absolute Gasteiger partial charge is 0.485 e. The SMILES string of the molecule is O=C(COc1ccc(S(=O)(=O)c2ccccc2)cc1)c1c[nH]c2ccccc12. The Morgan fingerprint density at radius 2 is 1.46 bits per heavy atom. The summed E-state index contributed by atoms with van der Waals surface area (Å²) in [6, 6.07) is 21.9. The lowest BCUT2D eigenvalue weighted by molar-refractivity contribution is 0.0923. The highest BCUT2D eigenvalue weighted by Gasteiger charge is 2.17. The summed E-state index contributed by atoms with van der Waals surface area (Å²) >= 11 is 0. The molecule has 28 heavy (non-hydrogen) atoms. The van der Waals surface area contributed by atoms with Crippen molar-refractivity contribution in [1.82, 2.24) is 4.98 Å². The Morgan fingerprint density at radius 3 is 2.21 bits per heavy atom. The lowest BCUT2D eigenvalue weighted by Crippen LogP contribution is -2.11. The van der Waals surface area contributed by atoms with Crippen molar-refractivity contribution in [3.8, 4) is 5.75 Å². The fourth-order valence-corrected chi connectivity index (χ4v) is 4.26. The lowest BCUT2D eigenvalue weighted by atomic mass is 10.1. The molecule has 0 saturated heterocycles. The fraction of sp³-hybridized carbons (Fsp3) is 0.0455. The van der Waals surface area contributed by atoms with Crippen molar-refractivity contribution in [3.05, 3.63) is 90.6 Å². The second-order valence-corrected chi connectivity index (χ2v) is 8.20. The number of sulfone groups is 1. The molecule has 0 bridgehead atoms. The first kappa shape index (κ1) is 18.0. The van der Waals surface area contributed by atoms with Crippen LogP contribution in [0.1, 0.15) is 10.4 Å². The summed E-state index contributed by atoms with van der Waals surface area (Å²) in [5.74, 6) is 0.277. The molecule has 0 amide bonds. The predicted octanol–water partition coefficient (Wildman–Crippen LogP) is 4.26. The van der Waals surface area contributed by atoms with Gasteiger partial charge >= 0.3 is 0 Å². The van der Waals surface area contributed by atoms with E-state index in [1.807, 2.05) is 24.3 Å². The van der Waals surface area contributed by atoms with Crippen LogP contribution in [0.15, 0.2) is 94.9 Å². The number of aromatic nitrogens is 1. The minimum absolute atomic E-state index is 0.132. The molecular formula is C22H17NO4S. The van der Waals surface area contributed by atoms with Gasteiger partial charge in [0, 0.05) is 22.7 Å². The van der Waals surface area contributed by atoms with E-state index in [9.17, 15) is 13.2 Å². The molecule has 0 aliphatic heterocycles. The standard InChI is InChI=1S/C22H17NO4S/c24-22(20-14-23-21-9-5-4-8-19(20)21)15-27-16-10-12-18(13-11-16)28(25,26)17-6-2-1-3-7-17/h1-14,23H,15H2. The molecule has 6 heteroatoms. The third-order valence-corrected chi connectivity index (χ3v) is 6.23. The molecule has 0 atom stereocenters. The van der Waals surface area contributed by atoms with Crippen LogP contribution in [-0.2, 0) is 9.84 Å². The van der Waals surface area contributed by atoms with Crippen molar-refractivity contribution in [1.29, 1.82) is 0 Å². The molecule has 3 aromatic carbocycles. The van der Waals surface area contributed by atoms with Gasteiger partial charge in [0.15, 0.2) is 6.61 Å². The number of hydrogen-bond donors (Lipinski definition) is 1. The third-order valence-electron chi connectivity index (χ3n) is 4.45. The van der Waals surface area contributed by atoms with Crippen molar-refractivity contribution in [2.24, 2.45) is 0 Å². The minimum Gasteiger partial charge on any atom is -0.485 e. The smallest absolute Gasteiger partial charge is 0.206 e. The molecule has 0 aliphatic rings. The molecule has 4 rings (SSSR count). The summed E-state index contributed by atoms with van der Waals surface area (Å²) in [6.07, 6.45) is 1.67. The van der Waals surface area contributed by atoms with E-state index in [0.29, 0.717) is 11.3 Å². The Hall–Kier alpha value is -3.38. The third kappa shape index (κ3) is 3.42. The highest BCUT2D eigenvalue weighted by atomic mass is 32.2. The molecule has 1 heterocycles. The van der Waals surface area contributed by atoms with E-state index in [0.717, 1.165) is 10.9 Å². The van der Waals surface area contributed by atoms with Crippen LogP contribution in [0.25, 0.3) is 10.9 Å². The molecule has 1 N–H and O–H groups in total. The number of rotatable bonds is 6. The number of carbonyl (C=O) groups is 1. The summed E-state index contributed by atoms with van der Waals surface area (Å²) in [7, 11) is -3.57. The number of nitrogens with one attached hydrogen (secondary N) is 1. The maximum absolute atomic E-state index is 12.6. The van der Waals surface area contributed by atoms with Crippen molar-refractivity contribution < 1.29 is 17.9 Å². The zero-order valence-electron chi connectivity index (χ0n) is 14.8. The molecule has 0 fully saturated rings. The van der Waals surface area contributed by atoms with E-state index in [1.165, 1.54) is 12.1 Å². The molecule has 0 radical (unpaired) electrons. The summed E-state index contributed by atoms with van der Waals surface area (Å²) in [4.78, 5) is 15.9. The fourth-order valence-electron chi connectivity index (χ4n) is 2.98. The van der Waals surface area contributed by atoms with E-state index < -0.39 is 9.84 Å². The van der Waals surface area contributed by atoms with Crippen LogP contribution in [0.3, 0.4) is 0 Å². The van der Waals surface area contributed by atoms with Crippen LogP contribution >= 0.6 is 0 Å². The van der Waals surface area contributed by atoms with Gasteiger partial charge in [-0.05, 0) is 42.5 Å². The number of H-pyrrole nitrogens is 1. The Balaban J connectivity index is 1.47. The number of hydrogen-bond acceptors (Lipinski definition) is 4. The van der Waals surface area contributed by atoms with Crippen LogP contribution in [0.5, 0.6) is 5.75 Å². The average molecular weight is 391 g/mol. The number of carbonyl (C=O) groups excluding carboxylic acids is 1. The van der Waals surface area contributed by atoms with Gasteiger partial charge in [0.1, 0.15) is 5.75 Å². The van der Waals surface area contributed by atoms with Crippen LogP contribution in [0.4, 0.5) is 0 Å². The number of aromatic amines is 1. The summed E-state index contributed by atoms with van der Waals surface area (Å²) in [5.41, 5.74) is 1.46. The normalized spacial score (nSPS) is 11.4. The van der Waals surface area contributed by atoms with Gasteiger partial charge in [-0.2, -0.15) is 0 Å². The molecule has 140 valence electrons. The van der Waals surface area contributed by atoms with Crippen molar-refractivity contribution >= 4 is 26.5 Å². The maximum Gasteiger partial charge on any atom is 0.206 e. The second-order valence-electron chi connectivity index (χ2n) is 6.25. The zero-order valence-corrected chi connectivity index (χ0v) is 15.6. The number of ether oxygens (including phenoxy) is 1. The van der Waals surface area contributed by atoms with Gasteiger partial charge in [0.05, 0.1) is 9.79 Å². The first-order valence-electron chi connectivity index (χ1n) is 8.68. The second kappa shape index (κ2) is 7.32. The highest BCUT2D eigenvalue weighted by molar-refractivity contribution is 7.91. The number of Topliss-reactive ketones (excluding diaryl/α,β-unsaturated/α-hetero) is 1. The molecule has 0 spiro atoms. The van der Waals surface area contributed by atoms with Crippen molar-refractivity contribution in [3.63, 3.8) is 0 Å². The lowest BCUT2D eigenvalue weighted by Gasteiger charge is -2.08. The van der Waals surface area contributed by atoms with Gasteiger partial charge in [-0.15, -0.1) is 0 Å². The Bertz CT molecular complexity index is 1230. The van der Waals surface area contributed by atoms with Gasteiger partial charge < -0.3 is 9.72 Å². The van der Waals surface area contributed by atoms with Crippen LogP contribution in [-0.4, -0.2) is 25.8 Å². The molecule has 0 unspecified atom stereocenters. The van der Waals surface area contributed by atoms with E-state index in [4.69, 9.17) is 4.74 Å². The monoisotopic (exact) mass is 391 g/mol. The number of fused-ring (bicyclic) bond motifs is 1. The van der Waals surface area contributed by atoms with Crippen LogP contribution in [0.2, 0.25) is 0 Å². The van der Waals surface area contributed by atoms with Gasteiger partial charge in [-0.25, -0.2) is 8.42 Å². The van der Waals surface area contributed by atoms with Gasteiger partial charge in [-0.3, -0.25) is 4.79 Å². The predicted molar refractivity (Wildman–Crippen MR) is 106 cm³/mol. The summed E-state index contributed by atoms with van der Waals surface area (Å²) in [5, 5.41) is 0.848. The van der Waals surface area contributed by atoms with Crippen LogP contribution < -0.4 is 4.74 Å². The topological polar surface area (TPSA) is 76.2 Å². The molecule has 0 saturated carbocycles. The number of benzene rings is 3. The highest BCUT2D eigenvalue weighted by Crippen LogP contribution is 2.23. The first-order valence-corrected chi connectivity index (χ1v) is 10.2. The molecule has 0 aliphatic carbocycles. The molecule has 4 aromatic rings. The zero-order chi connectivity index (χ0) is 19.6. The van der Waals surface area contributed by atoms with Crippen molar-refractivity contribution in [2.75, 3.05) is 6.61 Å². The Morgan fingerprint density at radius 1 is 0.821 bits per heavy atom. The molecule has 5 nitrogen and oxygen atoms in total. The van der Waals surface area contributed by atoms with Gasteiger partial charge in [0.25, 0.3) is 0 Å². The number of para-hydroxylation sites is 1. The number of ketones is 1. The Kier molecular flexibility index (Phi) is 4.71. The average Bonchev–Trinajstić information content (AvgIpc) is 3.17. The summed E-state index contributed by atoms with van der Waals surface area (Å²) in [6.45, 7) is -0.132. The Labute approximate surface area is 162 Å². The molecule has 1 aromatic heterocycles. The van der Waals surface area contributed by atoms with Crippen LogP contribution in [0, 0.1) is 0 Å². The summed E-state index contributed by atoms with van der Waals surface area (Å²) < 4.78 is 30.7. The molecular weight excluding hydrogens is 374 g/mol. The minimum atomic E-state index is -3.57. The quantitative estimate of drug-likeness (QED) is 0.498. The maximum atomic E-state index is 12.6. The van der Waals surface area contributed by atoms with Gasteiger partial charge in [-0.1, -0.05) is 36.4 Å². The van der Waals surface area contributed by atoms with E-state index in [-0.39, 0.29) is 22.2 Å². The first-order chi connectivity index (χ1) is 13.6. The van der Waals surface area contributed by atoms with Gasteiger partial charge in [0.2, 0.25) is 15.6 Å². The van der Waals surface area contributed by atoms with E-state index in [1.54, 1.807) is 48.7 Å². The van der Waals surface area contributed by atoms with E-state index in [2.05, 4.69) is 4.98 Å².